The summed E-state index contributed by atoms with van der Waals surface area (Å²) >= 11 is 6.62. The number of nitrogens with one attached hydrogen (secondary N) is 1. The smallest absolute Gasteiger partial charge is 0.266 e. The van der Waals surface area contributed by atoms with Gasteiger partial charge in [0.15, 0.2) is 0 Å². The van der Waals surface area contributed by atoms with E-state index in [0.29, 0.717) is 15.0 Å². The van der Waals surface area contributed by atoms with Crippen LogP contribution >= 0.6 is 24.0 Å². The Morgan fingerprint density at radius 3 is 2.68 bits per heavy atom. The number of carbonyl (C=O) groups excluding carboxylic acids is 2. The molecule has 0 aliphatic carbocycles. The number of methoxy groups -OCH3 is 1. The normalized spacial score (nSPS) is 15.0. The molecular weight excluding hydrogens is 428 g/mol. The monoisotopic (exact) mass is 448 g/mol. The molecule has 1 fully saturated rings. The molecule has 0 atom stereocenters. The maximum absolute atomic E-state index is 12.8. The van der Waals surface area contributed by atoms with Crippen LogP contribution in [0.25, 0.3) is 16.8 Å². The zero-order chi connectivity index (χ0) is 21.8. The third-order valence-electron chi connectivity index (χ3n) is 4.93. The van der Waals surface area contributed by atoms with E-state index in [-0.39, 0.29) is 24.8 Å². The van der Waals surface area contributed by atoms with Crippen LogP contribution in [0, 0.1) is 0 Å². The maximum atomic E-state index is 12.8. The largest absolute Gasteiger partial charge is 0.496 e. The zero-order valence-corrected chi connectivity index (χ0v) is 18.5. The second-order valence-corrected chi connectivity index (χ2v) is 8.58. The van der Waals surface area contributed by atoms with Crippen molar-refractivity contribution in [2.45, 2.75) is 6.42 Å². The van der Waals surface area contributed by atoms with Crippen molar-refractivity contribution in [2.75, 3.05) is 19.0 Å². The lowest BCUT2D eigenvalue weighted by Gasteiger charge is -2.14. The number of para-hydroxylation sites is 1. The van der Waals surface area contributed by atoms with E-state index >= 15 is 0 Å². The van der Waals surface area contributed by atoms with Crippen LogP contribution in [-0.4, -0.2) is 34.7 Å². The molecule has 31 heavy (non-hydrogen) atoms. The highest BCUT2D eigenvalue weighted by molar-refractivity contribution is 8.26. The molecule has 1 aliphatic rings. The number of benzene rings is 3. The fourth-order valence-electron chi connectivity index (χ4n) is 3.38. The number of ether oxygens (including phenoxy) is 1. The third-order valence-corrected chi connectivity index (χ3v) is 6.30. The van der Waals surface area contributed by atoms with Gasteiger partial charge in [0, 0.05) is 29.6 Å². The first-order valence-electron chi connectivity index (χ1n) is 9.73. The van der Waals surface area contributed by atoms with Crippen LogP contribution in [0.1, 0.15) is 12.0 Å². The highest BCUT2D eigenvalue weighted by Gasteiger charge is 2.32. The van der Waals surface area contributed by atoms with Crippen molar-refractivity contribution in [1.29, 1.82) is 0 Å². The number of hydrogen-bond acceptors (Lipinski definition) is 5. The summed E-state index contributed by atoms with van der Waals surface area (Å²) in [6.45, 7) is 0.227. The van der Waals surface area contributed by atoms with Crippen LogP contribution in [-0.2, 0) is 9.59 Å². The molecule has 1 aliphatic heterocycles. The molecule has 0 aromatic heterocycles. The van der Waals surface area contributed by atoms with Crippen LogP contribution in [0.15, 0.2) is 71.6 Å². The van der Waals surface area contributed by atoms with Gasteiger partial charge in [-0.25, -0.2) is 0 Å². The van der Waals surface area contributed by atoms with Gasteiger partial charge >= 0.3 is 0 Å². The van der Waals surface area contributed by atoms with Crippen molar-refractivity contribution in [3.05, 3.63) is 77.2 Å². The Hall–Kier alpha value is -3.16. The lowest BCUT2D eigenvalue weighted by molar-refractivity contribution is -0.122. The predicted molar refractivity (Wildman–Crippen MR) is 130 cm³/mol. The number of thiocarbonyl (C=S) groups is 1. The quantitative estimate of drug-likeness (QED) is 0.421. The number of amides is 2. The topological polar surface area (TPSA) is 58.6 Å². The predicted octanol–water partition coefficient (Wildman–Crippen LogP) is 5.08. The molecule has 7 heteroatoms. The van der Waals surface area contributed by atoms with Gasteiger partial charge in [-0.15, -0.1) is 0 Å². The number of fused-ring (bicyclic) bond motifs is 1. The SMILES string of the molecule is COc1ccccc1/C=C1\SC(=S)N(CCC(=O)Nc2cccc3ccccc23)C1=O. The standard InChI is InChI=1S/C24H20N2O3S2/c1-29-20-12-5-3-8-17(20)15-21-23(28)26(24(30)31-21)14-13-22(27)25-19-11-6-9-16-7-2-4-10-18(16)19/h2-12,15H,13-14H2,1H3,(H,25,27)/b21-15-. The molecule has 0 unspecified atom stereocenters. The van der Waals surface area contributed by atoms with Crippen LogP contribution in [0.4, 0.5) is 5.69 Å². The van der Waals surface area contributed by atoms with E-state index in [1.807, 2.05) is 66.7 Å². The number of nitrogens with zero attached hydrogens (tertiary/aromatic N) is 1. The average molecular weight is 449 g/mol. The summed E-state index contributed by atoms with van der Waals surface area (Å²) in [5.74, 6) is 0.320. The van der Waals surface area contributed by atoms with E-state index in [0.717, 1.165) is 22.0 Å². The first kappa shape index (κ1) is 21.1. The Labute approximate surface area is 190 Å². The first-order valence-corrected chi connectivity index (χ1v) is 11.0. The summed E-state index contributed by atoms with van der Waals surface area (Å²) in [6.07, 6.45) is 1.92. The highest BCUT2D eigenvalue weighted by Crippen LogP contribution is 2.34. The summed E-state index contributed by atoms with van der Waals surface area (Å²) in [5, 5.41) is 4.98. The Morgan fingerprint density at radius 1 is 1.10 bits per heavy atom. The van der Waals surface area contributed by atoms with E-state index < -0.39 is 0 Å². The minimum atomic E-state index is -0.195. The van der Waals surface area contributed by atoms with E-state index in [1.54, 1.807) is 13.2 Å². The summed E-state index contributed by atoms with van der Waals surface area (Å²) in [7, 11) is 1.59. The van der Waals surface area contributed by atoms with E-state index in [2.05, 4.69) is 5.32 Å². The lowest BCUT2D eigenvalue weighted by Crippen LogP contribution is -2.31. The molecule has 1 N–H and O–H groups in total. The Bertz CT molecular complexity index is 1200. The minimum absolute atomic E-state index is 0.150. The number of carbonyl (C=O) groups is 2. The lowest BCUT2D eigenvalue weighted by atomic mass is 10.1. The van der Waals surface area contributed by atoms with Gasteiger partial charge < -0.3 is 10.1 Å². The highest BCUT2D eigenvalue weighted by atomic mass is 32.2. The van der Waals surface area contributed by atoms with Crippen LogP contribution in [0.5, 0.6) is 5.75 Å². The summed E-state index contributed by atoms with van der Waals surface area (Å²) in [4.78, 5) is 27.4. The molecule has 0 bridgehead atoms. The molecule has 3 aromatic rings. The van der Waals surface area contributed by atoms with Crippen LogP contribution < -0.4 is 10.1 Å². The van der Waals surface area contributed by atoms with Gasteiger partial charge in [-0.05, 0) is 23.6 Å². The van der Waals surface area contributed by atoms with Gasteiger partial charge in [-0.1, -0.05) is 78.6 Å². The molecule has 0 spiro atoms. The average Bonchev–Trinajstić information content (AvgIpc) is 3.05. The van der Waals surface area contributed by atoms with E-state index in [1.165, 1.54) is 16.7 Å². The molecule has 2 amide bonds. The van der Waals surface area contributed by atoms with Crippen molar-refractivity contribution in [3.63, 3.8) is 0 Å². The maximum Gasteiger partial charge on any atom is 0.266 e. The van der Waals surface area contributed by atoms with Crippen molar-refractivity contribution in [1.82, 2.24) is 4.90 Å². The third kappa shape index (κ3) is 4.62. The summed E-state index contributed by atoms with van der Waals surface area (Å²) < 4.78 is 5.79. The second kappa shape index (κ2) is 9.32. The molecule has 5 nitrogen and oxygen atoms in total. The molecule has 0 saturated carbocycles. The minimum Gasteiger partial charge on any atom is -0.496 e. The van der Waals surface area contributed by atoms with Crippen molar-refractivity contribution < 1.29 is 14.3 Å². The molecule has 1 saturated heterocycles. The molecular formula is C24H20N2O3S2. The molecule has 1 heterocycles. The number of rotatable bonds is 6. The van der Waals surface area contributed by atoms with Crippen LogP contribution in [0.3, 0.4) is 0 Å². The molecule has 3 aromatic carbocycles. The zero-order valence-electron chi connectivity index (χ0n) is 16.8. The van der Waals surface area contributed by atoms with Gasteiger partial charge in [-0.2, -0.15) is 0 Å². The van der Waals surface area contributed by atoms with Crippen molar-refractivity contribution >= 4 is 62.7 Å². The van der Waals surface area contributed by atoms with Gasteiger partial charge in [-0.3, -0.25) is 14.5 Å². The van der Waals surface area contributed by atoms with Crippen LogP contribution in [0.2, 0.25) is 0 Å². The van der Waals surface area contributed by atoms with E-state index in [4.69, 9.17) is 17.0 Å². The first-order chi connectivity index (χ1) is 15.1. The Morgan fingerprint density at radius 2 is 1.84 bits per heavy atom. The Balaban J connectivity index is 1.42. The number of hydrogen-bond donors (Lipinski definition) is 1. The Kier molecular flexibility index (Phi) is 6.34. The van der Waals surface area contributed by atoms with Gasteiger partial charge in [0.05, 0.1) is 12.0 Å². The van der Waals surface area contributed by atoms with E-state index in [9.17, 15) is 9.59 Å². The molecule has 4 rings (SSSR count). The number of thioether (sulfide) groups is 1. The van der Waals surface area contributed by atoms with Gasteiger partial charge in [0.2, 0.25) is 5.91 Å². The fourth-order valence-corrected chi connectivity index (χ4v) is 4.68. The van der Waals surface area contributed by atoms with Crippen molar-refractivity contribution in [2.24, 2.45) is 0 Å². The fraction of sp³-hybridized carbons (Fsp3) is 0.125. The number of anilines is 1. The van der Waals surface area contributed by atoms with Crippen molar-refractivity contribution in [3.8, 4) is 5.75 Å². The van der Waals surface area contributed by atoms with Gasteiger partial charge in [0.1, 0.15) is 10.1 Å². The second-order valence-electron chi connectivity index (χ2n) is 6.90. The summed E-state index contributed by atoms with van der Waals surface area (Å²) in [5.41, 5.74) is 1.56. The summed E-state index contributed by atoms with van der Waals surface area (Å²) in [6, 6.07) is 21.1. The molecule has 156 valence electrons. The van der Waals surface area contributed by atoms with Gasteiger partial charge in [0.25, 0.3) is 5.91 Å². The molecule has 0 radical (unpaired) electrons.